The van der Waals surface area contributed by atoms with Crippen molar-refractivity contribution in [2.75, 3.05) is 6.61 Å². The molecule has 0 saturated carbocycles. The quantitative estimate of drug-likeness (QED) is 0.0827. The summed E-state index contributed by atoms with van der Waals surface area (Å²) in [6, 6.07) is 0. The monoisotopic (exact) mass is 519 g/mol. The van der Waals surface area contributed by atoms with E-state index in [-0.39, 0.29) is 45.1 Å². The number of aliphatic hydroxyl groups excluding tert-OH is 1. The van der Waals surface area contributed by atoms with Gasteiger partial charge in [0, 0.05) is 6.61 Å². The maximum atomic E-state index is 8.60. The van der Waals surface area contributed by atoms with E-state index < -0.39 is 0 Å². The predicted octanol–water partition coefficient (Wildman–Crippen LogP) is 6.37. The van der Waals surface area contributed by atoms with Gasteiger partial charge in [0.2, 0.25) is 0 Å². The zero-order chi connectivity index (χ0) is 27.7. The van der Waals surface area contributed by atoms with Gasteiger partial charge in [-0.1, -0.05) is 122 Å². The van der Waals surface area contributed by atoms with Crippen LogP contribution in [-0.4, -0.2) is 11.7 Å². The summed E-state index contributed by atoms with van der Waals surface area (Å²) >= 11 is 0. The van der Waals surface area contributed by atoms with Crippen molar-refractivity contribution in [2.45, 2.75) is 146 Å². The van der Waals surface area contributed by atoms with Crippen LogP contribution in [0, 0.1) is 13.8 Å². The molecule has 0 radical (unpaired) electrons. The summed E-state index contributed by atoms with van der Waals surface area (Å²) < 4.78 is 0. The second-order valence-electron chi connectivity index (χ2n) is 9.41. The first-order valence-electron chi connectivity index (χ1n) is 14.1. The SMILES string of the molecule is C.C=CC(=C)C.CCCCC/C=C(/C)CCCO.[CH2-]/C(C)=C\CC/C(C)=C\CCCCC.[CH2-]CCC.[Li+].[Li+]. The third-order valence-electron chi connectivity index (χ3n) is 5.06. The number of aliphatic hydroxyl groups is 1. The maximum Gasteiger partial charge on any atom is 1.00 e. The first kappa shape index (κ1) is 53.9. The Morgan fingerprint density at radius 3 is 1.39 bits per heavy atom. The molecule has 0 saturated heterocycles. The summed E-state index contributed by atoms with van der Waals surface area (Å²) in [5.74, 6) is 0. The van der Waals surface area contributed by atoms with Crippen LogP contribution in [0.1, 0.15) is 146 Å². The minimum absolute atomic E-state index is 0. The van der Waals surface area contributed by atoms with Gasteiger partial charge in [0.1, 0.15) is 0 Å². The Kier molecular flexibility index (Phi) is 70.4. The molecule has 0 aromatic carbocycles. The molecule has 0 aromatic heterocycles. The zero-order valence-electron chi connectivity index (χ0n) is 27.2. The maximum absolute atomic E-state index is 8.60. The number of rotatable bonds is 16. The van der Waals surface area contributed by atoms with Crippen LogP contribution in [0.3, 0.4) is 0 Å². The zero-order valence-corrected chi connectivity index (χ0v) is 27.2. The molecule has 3 heteroatoms. The molecular weight excluding hydrogens is 450 g/mol. The van der Waals surface area contributed by atoms with Gasteiger partial charge in [0.15, 0.2) is 0 Å². The van der Waals surface area contributed by atoms with Crippen molar-refractivity contribution in [1.82, 2.24) is 0 Å². The molecule has 38 heavy (non-hydrogen) atoms. The molecule has 0 fully saturated rings. The molecule has 0 unspecified atom stereocenters. The van der Waals surface area contributed by atoms with E-state index >= 15 is 0 Å². The van der Waals surface area contributed by atoms with Crippen LogP contribution in [-0.2, 0) is 0 Å². The van der Waals surface area contributed by atoms with Gasteiger partial charge in [-0.2, -0.15) is 6.42 Å². The van der Waals surface area contributed by atoms with Gasteiger partial charge in [-0.3, -0.25) is 0 Å². The van der Waals surface area contributed by atoms with Crippen molar-refractivity contribution >= 4 is 0 Å². The van der Waals surface area contributed by atoms with Crippen LogP contribution >= 0.6 is 0 Å². The third-order valence-corrected chi connectivity index (χ3v) is 5.06. The molecule has 0 atom stereocenters. The van der Waals surface area contributed by atoms with E-state index in [4.69, 9.17) is 5.11 Å². The normalized spacial score (nSPS) is 10.4. The second kappa shape index (κ2) is 49.7. The Morgan fingerprint density at radius 2 is 1.11 bits per heavy atom. The van der Waals surface area contributed by atoms with E-state index in [9.17, 15) is 0 Å². The number of hydrogen-bond donors (Lipinski definition) is 1. The summed E-state index contributed by atoms with van der Waals surface area (Å²) in [6.45, 7) is 29.7. The molecule has 0 rings (SSSR count). The molecular formula is C35H68Li2O. The van der Waals surface area contributed by atoms with E-state index in [1.165, 1.54) is 80.9 Å². The number of hydrogen-bond acceptors (Lipinski definition) is 1. The molecule has 0 heterocycles. The van der Waals surface area contributed by atoms with E-state index in [2.05, 4.69) is 86.8 Å². The summed E-state index contributed by atoms with van der Waals surface area (Å²) in [4.78, 5) is 0. The fraction of sp³-hybridized carbons (Fsp3) is 0.657. The van der Waals surface area contributed by atoms with Crippen LogP contribution < -0.4 is 37.7 Å². The Hall–Kier alpha value is -0.275. The van der Waals surface area contributed by atoms with Gasteiger partial charge in [-0.15, -0.1) is 0 Å². The van der Waals surface area contributed by atoms with E-state index in [0.717, 1.165) is 31.3 Å². The minimum Gasteiger partial charge on any atom is -0.396 e. The average molecular weight is 519 g/mol. The van der Waals surface area contributed by atoms with Crippen molar-refractivity contribution in [3.63, 3.8) is 0 Å². The molecule has 0 amide bonds. The van der Waals surface area contributed by atoms with Gasteiger partial charge < -0.3 is 12.0 Å². The summed E-state index contributed by atoms with van der Waals surface area (Å²) in [5, 5.41) is 8.60. The van der Waals surface area contributed by atoms with Crippen LogP contribution in [0.5, 0.6) is 0 Å². The van der Waals surface area contributed by atoms with Crippen molar-refractivity contribution in [3.05, 3.63) is 73.6 Å². The van der Waals surface area contributed by atoms with Crippen molar-refractivity contribution in [2.24, 2.45) is 0 Å². The topological polar surface area (TPSA) is 20.2 Å². The van der Waals surface area contributed by atoms with E-state index in [0.29, 0.717) is 6.61 Å². The summed E-state index contributed by atoms with van der Waals surface area (Å²) in [6.07, 6.45) is 25.7. The van der Waals surface area contributed by atoms with Crippen LogP contribution in [0.15, 0.2) is 59.8 Å². The molecule has 0 bridgehead atoms. The van der Waals surface area contributed by atoms with Crippen LogP contribution in [0.2, 0.25) is 0 Å². The molecule has 1 nitrogen and oxygen atoms in total. The van der Waals surface area contributed by atoms with Gasteiger partial charge in [0.25, 0.3) is 0 Å². The van der Waals surface area contributed by atoms with Crippen molar-refractivity contribution < 1.29 is 42.8 Å². The fourth-order valence-electron chi connectivity index (χ4n) is 2.59. The van der Waals surface area contributed by atoms with Gasteiger partial charge in [-0.25, -0.2) is 18.6 Å². The second-order valence-corrected chi connectivity index (χ2v) is 9.41. The molecule has 1 N–H and O–H groups in total. The first-order valence-corrected chi connectivity index (χ1v) is 14.1. The molecule has 0 aliphatic heterocycles. The van der Waals surface area contributed by atoms with Crippen molar-refractivity contribution in [1.29, 1.82) is 0 Å². The average Bonchev–Trinajstić information content (AvgIpc) is 2.84. The standard InChI is InChI=1S/C14H25.C11H22O.C5H8.C4H9.CH4.2Li/c1-5-6-7-8-11-14(4)12-9-10-13(2)3;1-3-4-5-6-8-11(2)9-7-10-12;1-4-5(2)3;1-3-4-2;;;/h10-11H,2,5-9,12H2,1,3-4H3;8,12H,3-7,9-10H2,1-2H3;4H,1-2H2,3H3;1,3-4H2,2H3;1H4;;/q-1;;;-1;;2*+1/b13-10+,14-11-;11-8-;;;;;. The molecule has 0 aromatic rings. The summed E-state index contributed by atoms with van der Waals surface area (Å²) in [7, 11) is 0. The molecule has 216 valence electrons. The largest absolute Gasteiger partial charge is 1.00 e. The predicted molar refractivity (Wildman–Crippen MR) is 172 cm³/mol. The van der Waals surface area contributed by atoms with Crippen LogP contribution in [0.25, 0.3) is 0 Å². The smallest absolute Gasteiger partial charge is 0.396 e. The fourth-order valence-corrected chi connectivity index (χ4v) is 2.59. The first-order chi connectivity index (χ1) is 16.7. The Morgan fingerprint density at radius 1 is 0.711 bits per heavy atom. The minimum atomic E-state index is 0. The summed E-state index contributed by atoms with van der Waals surface area (Å²) in [5.41, 5.74) is 5.16. The Balaban J connectivity index is -0.0000000728. The number of allylic oxidation sites excluding steroid dienone is 8. The third kappa shape index (κ3) is 70.5. The Bertz CT molecular complexity index is 524. The van der Waals surface area contributed by atoms with Crippen LogP contribution in [0.4, 0.5) is 0 Å². The Labute approximate surface area is 267 Å². The number of unbranched alkanes of at least 4 members (excludes halogenated alkanes) is 7. The van der Waals surface area contributed by atoms with E-state index in [1.807, 2.05) is 6.92 Å². The molecule has 0 aliphatic rings. The van der Waals surface area contributed by atoms with Gasteiger partial charge in [-0.05, 0) is 65.7 Å². The van der Waals surface area contributed by atoms with Crippen molar-refractivity contribution in [3.8, 4) is 0 Å². The van der Waals surface area contributed by atoms with Gasteiger partial charge in [0.05, 0.1) is 0 Å². The van der Waals surface area contributed by atoms with Gasteiger partial charge >= 0.3 is 37.7 Å². The molecule has 0 spiro atoms. The molecule has 0 aliphatic carbocycles. The van der Waals surface area contributed by atoms with E-state index in [1.54, 1.807) is 6.08 Å².